The smallest absolute Gasteiger partial charge is 0.131 e. The summed E-state index contributed by atoms with van der Waals surface area (Å²) in [6.07, 6.45) is 0.192. The number of hydrogen-bond donors (Lipinski definition) is 2. The van der Waals surface area contributed by atoms with E-state index in [0.717, 1.165) is 35.2 Å². The zero-order chi connectivity index (χ0) is 19.0. The molecule has 27 heavy (non-hydrogen) atoms. The topological polar surface area (TPSA) is 54.4 Å². The van der Waals surface area contributed by atoms with Crippen LogP contribution in [0.2, 0.25) is 5.15 Å². The lowest BCUT2D eigenvalue weighted by Gasteiger charge is -2.43. The maximum atomic E-state index is 11.0. The molecule has 4 nitrogen and oxygen atoms in total. The Morgan fingerprint density at radius 3 is 2.67 bits per heavy atom. The molecule has 0 bridgehead atoms. The Balaban J connectivity index is 1.69. The fraction of sp³-hybridized carbons (Fsp3) is 0.318. The molecule has 140 valence electrons. The van der Waals surface area contributed by atoms with Gasteiger partial charge in [0.15, 0.2) is 0 Å². The van der Waals surface area contributed by atoms with Crippen LogP contribution < -0.4 is 10.1 Å². The summed E-state index contributed by atoms with van der Waals surface area (Å²) < 4.78 is 6.11. The molecule has 4 rings (SSSR count). The molecular weight excluding hydrogens is 360 g/mol. The number of rotatable bonds is 4. The SMILES string of the molecule is CC1(C)Oc2ccc3nc(Cl)ccc3c2C(NCCc2ccccc2)C1O. The van der Waals surface area contributed by atoms with Gasteiger partial charge in [0.25, 0.3) is 0 Å². The predicted octanol–water partition coefficient (Wildman–Crippen LogP) is 4.29. The molecule has 3 aromatic rings. The van der Waals surface area contributed by atoms with Gasteiger partial charge in [0.2, 0.25) is 0 Å². The summed E-state index contributed by atoms with van der Waals surface area (Å²) in [5.41, 5.74) is 2.31. The van der Waals surface area contributed by atoms with E-state index in [1.807, 2.05) is 50.2 Å². The van der Waals surface area contributed by atoms with Gasteiger partial charge in [-0.1, -0.05) is 41.9 Å². The highest BCUT2D eigenvalue weighted by Gasteiger charge is 2.43. The second kappa shape index (κ2) is 7.12. The number of aliphatic hydroxyl groups is 1. The van der Waals surface area contributed by atoms with E-state index in [9.17, 15) is 5.11 Å². The summed E-state index contributed by atoms with van der Waals surface area (Å²) >= 11 is 6.06. The third-order valence-electron chi connectivity index (χ3n) is 5.17. The zero-order valence-corrected chi connectivity index (χ0v) is 16.2. The van der Waals surface area contributed by atoms with Crippen LogP contribution in [0.1, 0.15) is 31.0 Å². The fourth-order valence-corrected chi connectivity index (χ4v) is 3.88. The Kier molecular flexibility index (Phi) is 4.81. The summed E-state index contributed by atoms with van der Waals surface area (Å²) in [6.45, 7) is 4.58. The first-order valence-electron chi connectivity index (χ1n) is 9.19. The Hall–Kier alpha value is -2.14. The van der Waals surface area contributed by atoms with E-state index >= 15 is 0 Å². The largest absolute Gasteiger partial charge is 0.485 e. The Morgan fingerprint density at radius 2 is 1.89 bits per heavy atom. The van der Waals surface area contributed by atoms with Gasteiger partial charge in [-0.05, 0) is 56.6 Å². The van der Waals surface area contributed by atoms with Gasteiger partial charge in [0, 0.05) is 10.9 Å². The number of ether oxygens (including phenoxy) is 1. The molecule has 1 aliphatic rings. The van der Waals surface area contributed by atoms with Gasteiger partial charge >= 0.3 is 0 Å². The van der Waals surface area contributed by atoms with Crippen molar-refractivity contribution >= 4 is 22.5 Å². The van der Waals surface area contributed by atoms with Crippen molar-refractivity contribution in [2.75, 3.05) is 6.54 Å². The van der Waals surface area contributed by atoms with Gasteiger partial charge in [-0.15, -0.1) is 0 Å². The van der Waals surface area contributed by atoms with Crippen LogP contribution in [0.3, 0.4) is 0 Å². The molecule has 0 aliphatic carbocycles. The van der Waals surface area contributed by atoms with Crippen LogP contribution in [-0.4, -0.2) is 28.3 Å². The van der Waals surface area contributed by atoms with Crippen molar-refractivity contribution < 1.29 is 9.84 Å². The number of hydrogen-bond acceptors (Lipinski definition) is 4. The number of pyridine rings is 1. The molecule has 0 saturated carbocycles. The lowest BCUT2D eigenvalue weighted by atomic mass is 9.84. The van der Waals surface area contributed by atoms with Crippen LogP contribution in [0.15, 0.2) is 54.6 Å². The van der Waals surface area contributed by atoms with E-state index in [2.05, 4.69) is 22.4 Å². The number of aliphatic hydroxyl groups excluding tert-OH is 1. The summed E-state index contributed by atoms with van der Waals surface area (Å²) in [7, 11) is 0. The summed E-state index contributed by atoms with van der Waals surface area (Å²) in [6, 6.07) is 17.6. The number of aromatic nitrogens is 1. The first kappa shape index (κ1) is 18.2. The second-order valence-corrected chi connectivity index (χ2v) is 7.88. The van der Waals surface area contributed by atoms with Crippen LogP contribution in [-0.2, 0) is 6.42 Å². The summed E-state index contributed by atoms with van der Waals surface area (Å²) in [5.74, 6) is 0.777. The van der Waals surface area contributed by atoms with Crippen molar-refractivity contribution in [3.63, 3.8) is 0 Å². The lowest BCUT2D eigenvalue weighted by Crippen LogP contribution is -2.52. The number of nitrogens with zero attached hydrogens (tertiary/aromatic N) is 1. The third kappa shape index (κ3) is 3.53. The van der Waals surface area contributed by atoms with Gasteiger partial charge in [-0.2, -0.15) is 0 Å². The van der Waals surface area contributed by atoms with Crippen LogP contribution in [0.25, 0.3) is 10.9 Å². The van der Waals surface area contributed by atoms with E-state index < -0.39 is 11.7 Å². The average Bonchev–Trinajstić information content (AvgIpc) is 2.65. The average molecular weight is 383 g/mol. The van der Waals surface area contributed by atoms with Crippen LogP contribution in [0.5, 0.6) is 5.75 Å². The normalized spacial score (nSPS) is 20.9. The molecule has 1 aliphatic heterocycles. The molecule has 0 amide bonds. The van der Waals surface area contributed by atoms with Crippen LogP contribution >= 0.6 is 11.6 Å². The molecule has 2 unspecified atom stereocenters. The lowest BCUT2D eigenvalue weighted by molar-refractivity contribution is -0.0638. The highest BCUT2D eigenvalue weighted by atomic mass is 35.5. The number of fused-ring (bicyclic) bond motifs is 3. The standard InChI is InChI=1S/C22H23ClN2O2/c1-22(2)21(26)20(24-13-12-14-6-4-3-5-7-14)19-15-8-11-18(23)25-16(15)9-10-17(19)27-22/h3-11,20-21,24,26H,12-13H2,1-2H3. The zero-order valence-electron chi connectivity index (χ0n) is 15.4. The monoisotopic (exact) mass is 382 g/mol. The van der Waals surface area contributed by atoms with E-state index in [1.54, 1.807) is 6.07 Å². The van der Waals surface area contributed by atoms with Gasteiger partial charge in [0.1, 0.15) is 22.6 Å². The fourth-order valence-electron chi connectivity index (χ4n) is 3.73. The minimum absolute atomic E-state index is 0.251. The van der Waals surface area contributed by atoms with Gasteiger partial charge < -0.3 is 15.2 Å². The van der Waals surface area contributed by atoms with Crippen LogP contribution in [0.4, 0.5) is 0 Å². The molecular formula is C22H23ClN2O2. The molecule has 0 saturated heterocycles. The number of benzene rings is 2. The minimum Gasteiger partial charge on any atom is -0.485 e. The quantitative estimate of drug-likeness (QED) is 0.661. The number of halogens is 1. The maximum absolute atomic E-state index is 11.0. The van der Waals surface area contributed by atoms with Gasteiger partial charge in [-0.3, -0.25) is 0 Å². The Morgan fingerprint density at radius 1 is 1.11 bits per heavy atom. The minimum atomic E-state index is -0.693. The Labute approximate surface area is 164 Å². The molecule has 2 atom stereocenters. The van der Waals surface area contributed by atoms with Crippen molar-refractivity contribution in [2.45, 2.75) is 38.0 Å². The maximum Gasteiger partial charge on any atom is 0.131 e. The molecule has 5 heteroatoms. The van der Waals surface area contributed by atoms with E-state index in [1.165, 1.54) is 5.56 Å². The van der Waals surface area contributed by atoms with Crippen LogP contribution in [0, 0.1) is 0 Å². The van der Waals surface area contributed by atoms with E-state index in [-0.39, 0.29) is 6.04 Å². The molecule has 2 N–H and O–H groups in total. The highest BCUT2D eigenvalue weighted by molar-refractivity contribution is 6.29. The molecule has 0 fully saturated rings. The van der Waals surface area contributed by atoms with Gasteiger partial charge in [-0.25, -0.2) is 4.98 Å². The van der Waals surface area contributed by atoms with Crippen molar-refractivity contribution in [3.8, 4) is 5.75 Å². The molecule has 0 spiro atoms. The number of nitrogens with one attached hydrogen (secondary N) is 1. The van der Waals surface area contributed by atoms with Crippen molar-refractivity contribution in [1.29, 1.82) is 0 Å². The van der Waals surface area contributed by atoms with E-state index in [0.29, 0.717) is 5.15 Å². The predicted molar refractivity (Wildman–Crippen MR) is 108 cm³/mol. The van der Waals surface area contributed by atoms with Crippen molar-refractivity contribution in [1.82, 2.24) is 10.3 Å². The summed E-state index contributed by atoms with van der Waals surface area (Å²) in [5, 5.41) is 16.0. The first-order valence-corrected chi connectivity index (χ1v) is 9.57. The molecule has 2 aromatic carbocycles. The summed E-state index contributed by atoms with van der Waals surface area (Å²) in [4.78, 5) is 4.41. The van der Waals surface area contributed by atoms with Crippen molar-refractivity contribution in [3.05, 3.63) is 70.9 Å². The first-order chi connectivity index (χ1) is 13.0. The third-order valence-corrected chi connectivity index (χ3v) is 5.38. The molecule has 1 aromatic heterocycles. The molecule has 0 radical (unpaired) electrons. The van der Waals surface area contributed by atoms with Gasteiger partial charge in [0.05, 0.1) is 11.6 Å². The molecule has 2 heterocycles. The second-order valence-electron chi connectivity index (χ2n) is 7.50. The van der Waals surface area contributed by atoms with Crippen molar-refractivity contribution in [2.24, 2.45) is 0 Å². The highest BCUT2D eigenvalue weighted by Crippen LogP contribution is 2.43. The van der Waals surface area contributed by atoms with E-state index in [4.69, 9.17) is 16.3 Å². The Bertz CT molecular complexity index is 959.